The summed E-state index contributed by atoms with van der Waals surface area (Å²) in [5, 5.41) is 14.4. The van der Waals surface area contributed by atoms with Gasteiger partial charge in [0.25, 0.3) is 0 Å². The Morgan fingerprint density at radius 2 is 1.72 bits per heavy atom. The number of benzene rings is 2. The lowest BCUT2D eigenvalue weighted by Crippen LogP contribution is -1.99. The number of rotatable bonds is 3. The number of nitrogens with one attached hydrogen (secondary N) is 1. The van der Waals surface area contributed by atoms with E-state index in [0.717, 1.165) is 5.69 Å². The van der Waals surface area contributed by atoms with Crippen LogP contribution in [0.15, 0.2) is 36.4 Å². The second-order valence-corrected chi connectivity index (χ2v) is 5.01. The summed E-state index contributed by atoms with van der Waals surface area (Å²) in [7, 11) is 0. The summed E-state index contributed by atoms with van der Waals surface area (Å²) in [5.74, 6) is 0.201. The number of halogens is 3. The molecule has 2 nitrogen and oxygen atoms in total. The molecule has 0 atom stereocenters. The predicted octanol–water partition coefficient (Wildman–Crippen LogP) is 4.96. The maximum absolute atomic E-state index is 9.67. The summed E-state index contributed by atoms with van der Waals surface area (Å²) in [6.07, 6.45) is 0. The van der Waals surface area contributed by atoms with E-state index in [4.69, 9.17) is 34.8 Å². The Kier molecular flexibility index (Phi) is 4.23. The molecule has 0 amide bonds. The van der Waals surface area contributed by atoms with Crippen molar-refractivity contribution >= 4 is 40.5 Å². The monoisotopic (exact) mass is 301 g/mol. The molecule has 2 rings (SSSR count). The Balaban J connectivity index is 2.11. The molecule has 94 valence electrons. The van der Waals surface area contributed by atoms with Crippen molar-refractivity contribution in [2.75, 3.05) is 5.32 Å². The molecule has 5 heteroatoms. The fraction of sp³-hybridized carbons (Fsp3) is 0.0769. The van der Waals surface area contributed by atoms with Crippen LogP contribution in [-0.2, 0) is 6.54 Å². The van der Waals surface area contributed by atoms with Gasteiger partial charge < -0.3 is 10.4 Å². The average molecular weight is 303 g/mol. The van der Waals surface area contributed by atoms with Crippen LogP contribution in [0.4, 0.5) is 5.69 Å². The number of phenolic OH excluding ortho intramolecular Hbond substituents is 1. The van der Waals surface area contributed by atoms with Gasteiger partial charge in [0.05, 0.1) is 10.0 Å². The van der Waals surface area contributed by atoms with E-state index in [-0.39, 0.29) is 5.75 Å². The standard InChI is InChI=1S/C13H10Cl3NO/c14-9-1-4-13(18)8(5-9)7-17-10-2-3-11(15)12(16)6-10/h1-6,17-18H,7H2. The third-order valence-corrected chi connectivity index (χ3v) is 3.42. The number of aromatic hydroxyl groups is 1. The molecule has 0 heterocycles. The van der Waals surface area contributed by atoms with Gasteiger partial charge in [-0.25, -0.2) is 0 Å². The molecule has 0 aromatic heterocycles. The summed E-state index contributed by atoms with van der Waals surface area (Å²) < 4.78 is 0. The number of hydrogen-bond donors (Lipinski definition) is 2. The van der Waals surface area contributed by atoms with Crippen LogP contribution >= 0.6 is 34.8 Å². The smallest absolute Gasteiger partial charge is 0.120 e. The molecule has 0 aliphatic carbocycles. The van der Waals surface area contributed by atoms with E-state index in [1.807, 2.05) is 6.07 Å². The van der Waals surface area contributed by atoms with Crippen molar-refractivity contribution < 1.29 is 5.11 Å². The molecule has 0 aliphatic rings. The lowest BCUT2D eigenvalue weighted by Gasteiger charge is -2.09. The molecule has 0 radical (unpaired) electrons. The fourth-order valence-corrected chi connectivity index (χ4v) is 1.99. The first-order chi connectivity index (χ1) is 8.56. The molecule has 0 aliphatic heterocycles. The lowest BCUT2D eigenvalue weighted by molar-refractivity contribution is 0.469. The van der Waals surface area contributed by atoms with Crippen molar-refractivity contribution in [2.24, 2.45) is 0 Å². The largest absolute Gasteiger partial charge is 0.508 e. The molecule has 0 saturated carbocycles. The highest BCUT2D eigenvalue weighted by Crippen LogP contribution is 2.26. The van der Waals surface area contributed by atoms with Crippen LogP contribution in [-0.4, -0.2) is 5.11 Å². The van der Waals surface area contributed by atoms with E-state index in [0.29, 0.717) is 27.2 Å². The van der Waals surface area contributed by atoms with E-state index in [9.17, 15) is 5.11 Å². The quantitative estimate of drug-likeness (QED) is 0.839. The van der Waals surface area contributed by atoms with Crippen molar-refractivity contribution in [1.82, 2.24) is 0 Å². The lowest BCUT2D eigenvalue weighted by atomic mass is 10.2. The van der Waals surface area contributed by atoms with E-state index in [1.54, 1.807) is 30.3 Å². The topological polar surface area (TPSA) is 32.3 Å². The van der Waals surface area contributed by atoms with Crippen molar-refractivity contribution in [3.05, 3.63) is 57.0 Å². The molecule has 2 aromatic carbocycles. The molecular formula is C13H10Cl3NO. The Labute approximate surface area is 120 Å². The van der Waals surface area contributed by atoms with E-state index in [2.05, 4.69) is 5.32 Å². The fourth-order valence-electron chi connectivity index (χ4n) is 1.50. The Bertz CT molecular complexity index is 572. The summed E-state index contributed by atoms with van der Waals surface area (Å²) in [5.41, 5.74) is 1.54. The van der Waals surface area contributed by atoms with Crippen LogP contribution in [0.2, 0.25) is 15.1 Å². The molecule has 18 heavy (non-hydrogen) atoms. The van der Waals surface area contributed by atoms with Crippen LogP contribution in [0, 0.1) is 0 Å². The minimum Gasteiger partial charge on any atom is -0.508 e. The zero-order valence-corrected chi connectivity index (χ0v) is 11.5. The van der Waals surface area contributed by atoms with Gasteiger partial charge in [-0.1, -0.05) is 34.8 Å². The molecule has 0 fully saturated rings. The van der Waals surface area contributed by atoms with Gasteiger partial charge in [-0.05, 0) is 36.4 Å². The second-order valence-electron chi connectivity index (χ2n) is 3.76. The van der Waals surface area contributed by atoms with E-state index < -0.39 is 0 Å². The molecule has 0 saturated heterocycles. The summed E-state index contributed by atoms with van der Waals surface area (Å²) in [4.78, 5) is 0. The van der Waals surface area contributed by atoms with Gasteiger partial charge in [0.1, 0.15) is 5.75 Å². The van der Waals surface area contributed by atoms with Crippen LogP contribution in [0.3, 0.4) is 0 Å². The normalized spacial score (nSPS) is 10.4. The molecule has 0 spiro atoms. The first kappa shape index (κ1) is 13.3. The van der Waals surface area contributed by atoms with Crippen molar-refractivity contribution in [3.63, 3.8) is 0 Å². The van der Waals surface area contributed by atoms with Gasteiger partial charge in [0.2, 0.25) is 0 Å². The van der Waals surface area contributed by atoms with Gasteiger partial charge in [0.15, 0.2) is 0 Å². The highest BCUT2D eigenvalue weighted by atomic mass is 35.5. The molecule has 0 bridgehead atoms. The van der Waals surface area contributed by atoms with Crippen LogP contribution in [0.1, 0.15) is 5.56 Å². The summed E-state index contributed by atoms with van der Waals surface area (Å²) in [6, 6.07) is 10.2. The molecule has 2 N–H and O–H groups in total. The summed E-state index contributed by atoms with van der Waals surface area (Å²) >= 11 is 17.6. The zero-order valence-electron chi connectivity index (χ0n) is 9.25. The van der Waals surface area contributed by atoms with Gasteiger partial charge in [-0.3, -0.25) is 0 Å². The van der Waals surface area contributed by atoms with Crippen molar-refractivity contribution in [1.29, 1.82) is 0 Å². The molecule has 2 aromatic rings. The van der Waals surface area contributed by atoms with Gasteiger partial charge in [0, 0.05) is 22.8 Å². The number of anilines is 1. The minimum atomic E-state index is 0.201. The number of hydrogen-bond acceptors (Lipinski definition) is 2. The average Bonchev–Trinajstić information content (AvgIpc) is 2.34. The van der Waals surface area contributed by atoms with Gasteiger partial charge in [-0.15, -0.1) is 0 Å². The Hall–Kier alpha value is -1.09. The van der Waals surface area contributed by atoms with Gasteiger partial charge >= 0.3 is 0 Å². The Morgan fingerprint density at radius 3 is 2.44 bits per heavy atom. The van der Waals surface area contributed by atoms with E-state index >= 15 is 0 Å². The number of phenols is 1. The third kappa shape index (κ3) is 3.22. The third-order valence-electron chi connectivity index (χ3n) is 2.44. The van der Waals surface area contributed by atoms with Crippen LogP contribution in [0.25, 0.3) is 0 Å². The highest BCUT2D eigenvalue weighted by molar-refractivity contribution is 6.42. The predicted molar refractivity (Wildman–Crippen MR) is 76.9 cm³/mol. The first-order valence-electron chi connectivity index (χ1n) is 5.22. The van der Waals surface area contributed by atoms with Crippen LogP contribution in [0.5, 0.6) is 5.75 Å². The van der Waals surface area contributed by atoms with Crippen LogP contribution < -0.4 is 5.32 Å². The van der Waals surface area contributed by atoms with E-state index in [1.165, 1.54) is 0 Å². The zero-order chi connectivity index (χ0) is 13.1. The maximum atomic E-state index is 9.67. The van der Waals surface area contributed by atoms with Crippen molar-refractivity contribution in [2.45, 2.75) is 6.54 Å². The minimum absolute atomic E-state index is 0.201. The highest BCUT2D eigenvalue weighted by Gasteiger charge is 2.03. The Morgan fingerprint density at radius 1 is 0.944 bits per heavy atom. The first-order valence-corrected chi connectivity index (χ1v) is 6.36. The van der Waals surface area contributed by atoms with Gasteiger partial charge in [-0.2, -0.15) is 0 Å². The second kappa shape index (κ2) is 5.70. The molecular weight excluding hydrogens is 293 g/mol. The van der Waals surface area contributed by atoms with Crippen molar-refractivity contribution in [3.8, 4) is 5.75 Å². The SMILES string of the molecule is Oc1ccc(Cl)cc1CNc1ccc(Cl)c(Cl)c1. The maximum Gasteiger partial charge on any atom is 0.120 e. The summed E-state index contributed by atoms with van der Waals surface area (Å²) in [6.45, 7) is 0.449. The molecule has 0 unspecified atom stereocenters.